The van der Waals surface area contributed by atoms with Gasteiger partial charge in [-0.25, -0.2) is 4.98 Å². The number of hydrogen-bond acceptors (Lipinski definition) is 5. The molecular weight excluding hydrogens is 278 g/mol. The molecule has 92 valence electrons. The van der Waals surface area contributed by atoms with E-state index in [9.17, 15) is 4.79 Å². The fourth-order valence-corrected chi connectivity index (χ4v) is 3.66. The lowest BCUT2D eigenvalue weighted by atomic mass is 10.2. The first kappa shape index (κ1) is 12.8. The maximum absolute atomic E-state index is 11.8. The zero-order chi connectivity index (χ0) is 11.0. The number of nitrogens with one attached hydrogen (secondary N) is 2. The van der Waals surface area contributed by atoms with Gasteiger partial charge in [-0.05, 0) is 30.8 Å². The molecule has 0 aromatic carbocycles. The number of carbonyl (C=O) groups excluding carboxylic acids is 1. The number of thiophene rings is 1. The summed E-state index contributed by atoms with van der Waals surface area (Å²) in [4.78, 5) is 16.2. The molecule has 7 heteroatoms. The summed E-state index contributed by atoms with van der Waals surface area (Å²) in [6, 6.07) is 1.93. The summed E-state index contributed by atoms with van der Waals surface area (Å²) in [6.07, 6.45) is 2.00. The Bertz CT molecular complexity index is 490. The minimum atomic E-state index is -0.0399. The Labute approximate surface area is 113 Å². The lowest BCUT2D eigenvalue weighted by molar-refractivity contribution is -0.117. The molecule has 2 N–H and O–H groups in total. The van der Waals surface area contributed by atoms with Crippen LogP contribution in [0.3, 0.4) is 0 Å². The summed E-state index contributed by atoms with van der Waals surface area (Å²) in [5.41, 5.74) is 0.977. The standard InChI is InChI=1S/C10H11N3OS2.ClH/c14-8(6-2-1-4-11-6)13-10-12-7-3-5-15-9(7)16-10;/h3,5-6,11H,1-2,4H2,(H,12,13,14);1H. The second kappa shape index (κ2) is 5.30. The van der Waals surface area contributed by atoms with Crippen LogP contribution in [0.15, 0.2) is 11.4 Å². The molecule has 4 nitrogen and oxygen atoms in total. The van der Waals surface area contributed by atoms with Crippen LogP contribution in [0.4, 0.5) is 5.13 Å². The molecule has 3 heterocycles. The molecule has 1 atom stereocenters. The van der Waals surface area contributed by atoms with E-state index >= 15 is 0 Å². The maximum atomic E-state index is 11.8. The Morgan fingerprint density at radius 1 is 1.59 bits per heavy atom. The third-order valence-corrected chi connectivity index (χ3v) is 4.64. The van der Waals surface area contributed by atoms with Gasteiger partial charge in [-0.1, -0.05) is 11.3 Å². The minimum Gasteiger partial charge on any atom is -0.306 e. The number of carbonyl (C=O) groups is 1. The molecule has 0 radical (unpaired) electrons. The fourth-order valence-electron chi connectivity index (χ4n) is 1.82. The molecule has 3 rings (SSSR count). The Morgan fingerprint density at radius 2 is 2.47 bits per heavy atom. The Hall–Kier alpha value is -0.690. The number of nitrogens with zero attached hydrogens (tertiary/aromatic N) is 1. The lowest BCUT2D eigenvalue weighted by Crippen LogP contribution is -2.35. The van der Waals surface area contributed by atoms with Crippen molar-refractivity contribution in [3.8, 4) is 0 Å². The van der Waals surface area contributed by atoms with E-state index in [2.05, 4.69) is 15.6 Å². The van der Waals surface area contributed by atoms with Gasteiger partial charge in [0.05, 0.1) is 11.6 Å². The quantitative estimate of drug-likeness (QED) is 0.893. The predicted octanol–water partition coefficient (Wildman–Crippen LogP) is 2.47. The smallest absolute Gasteiger partial charge is 0.243 e. The van der Waals surface area contributed by atoms with Gasteiger partial charge in [0.15, 0.2) is 5.13 Å². The van der Waals surface area contributed by atoms with E-state index in [0.717, 1.165) is 28.9 Å². The normalized spacial score (nSPS) is 19.2. The van der Waals surface area contributed by atoms with Gasteiger partial charge in [0.1, 0.15) is 4.01 Å². The Balaban J connectivity index is 0.00000108. The van der Waals surface area contributed by atoms with Crippen molar-refractivity contribution in [2.45, 2.75) is 18.9 Å². The van der Waals surface area contributed by atoms with Gasteiger partial charge in [0, 0.05) is 0 Å². The van der Waals surface area contributed by atoms with E-state index in [1.807, 2.05) is 11.4 Å². The number of aromatic nitrogens is 1. The monoisotopic (exact) mass is 289 g/mol. The van der Waals surface area contributed by atoms with Crippen LogP contribution in [-0.4, -0.2) is 23.5 Å². The minimum absolute atomic E-state index is 0. The molecule has 1 amide bonds. The van der Waals surface area contributed by atoms with Crippen LogP contribution in [0.2, 0.25) is 0 Å². The third-order valence-electron chi connectivity index (χ3n) is 2.63. The number of fused-ring (bicyclic) bond motifs is 1. The van der Waals surface area contributed by atoms with Gasteiger partial charge >= 0.3 is 0 Å². The maximum Gasteiger partial charge on any atom is 0.243 e. The molecule has 0 saturated carbocycles. The number of hydrogen-bond donors (Lipinski definition) is 2. The molecule has 1 aliphatic heterocycles. The van der Waals surface area contributed by atoms with Gasteiger partial charge in [0.25, 0.3) is 0 Å². The highest BCUT2D eigenvalue weighted by Gasteiger charge is 2.22. The predicted molar refractivity (Wildman–Crippen MR) is 74.4 cm³/mol. The van der Waals surface area contributed by atoms with Crippen molar-refractivity contribution < 1.29 is 4.79 Å². The summed E-state index contributed by atoms with van der Waals surface area (Å²) in [5.74, 6) is 0.0407. The summed E-state index contributed by atoms with van der Waals surface area (Å²) in [5, 5.41) is 8.76. The fraction of sp³-hybridized carbons (Fsp3) is 0.400. The topological polar surface area (TPSA) is 54.0 Å². The van der Waals surface area contributed by atoms with Crippen molar-refractivity contribution in [3.05, 3.63) is 11.4 Å². The number of amides is 1. The van der Waals surface area contributed by atoms with Crippen molar-refractivity contribution in [3.63, 3.8) is 0 Å². The van der Waals surface area contributed by atoms with Gasteiger partial charge in [0.2, 0.25) is 5.91 Å². The first-order valence-corrected chi connectivity index (χ1v) is 6.91. The first-order chi connectivity index (χ1) is 7.83. The number of anilines is 1. The summed E-state index contributed by atoms with van der Waals surface area (Å²) < 4.78 is 1.16. The molecule has 1 saturated heterocycles. The van der Waals surface area contributed by atoms with E-state index in [4.69, 9.17) is 0 Å². The largest absolute Gasteiger partial charge is 0.306 e. The van der Waals surface area contributed by atoms with Crippen molar-refractivity contribution in [2.24, 2.45) is 0 Å². The Morgan fingerprint density at radius 3 is 3.18 bits per heavy atom. The average Bonchev–Trinajstić information content (AvgIpc) is 2.91. The van der Waals surface area contributed by atoms with E-state index in [0.29, 0.717) is 5.13 Å². The zero-order valence-electron chi connectivity index (χ0n) is 8.93. The highest BCUT2D eigenvalue weighted by Crippen LogP contribution is 2.30. The van der Waals surface area contributed by atoms with Crippen LogP contribution in [0, 0.1) is 0 Å². The van der Waals surface area contributed by atoms with Gasteiger partial charge in [-0.3, -0.25) is 4.79 Å². The van der Waals surface area contributed by atoms with E-state index < -0.39 is 0 Å². The van der Waals surface area contributed by atoms with Crippen molar-refractivity contribution in [1.82, 2.24) is 10.3 Å². The molecule has 1 unspecified atom stereocenters. The highest BCUT2D eigenvalue weighted by molar-refractivity contribution is 7.39. The van der Waals surface area contributed by atoms with Gasteiger partial charge in [-0.15, -0.1) is 23.7 Å². The summed E-state index contributed by atoms with van der Waals surface area (Å²) >= 11 is 3.20. The van der Waals surface area contributed by atoms with E-state index in [-0.39, 0.29) is 24.4 Å². The number of rotatable bonds is 2. The van der Waals surface area contributed by atoms with Crippen LogP contribution in [0.25, 0.3) is 9.53 Å². The van der Waals surface area contributed by atoms with E-state index in [1.165, 1.54) is 11.3 Å². The molecule has 0 bridgehead atoms. The lowest BCUT2D eigenvalue weighted by Gasteiger charge is -2.08. The summed E-state index contributed by atoms with van der Waals surface area (Å²) in [7, 11) is 0. The highest BCUT2D eigenvalue weighted by atomic mass is 35.5. The average molecular weight is 290 g/mol. The first-order valence-electron chi connectivity index (χ1n) is 5.21. The van der Waals surface area contributed by atoms with Crippen molar-refractivity contribution >= 4 is 55.6 Å². The van der Waals surface area contributed by atoms with Crippen LogP contribution in [0.1, 0.15) is 12.8 Å². The van der Waals surface area contributed by atoms with Gasteiger partial charge in [-0.2, -0.15) is 0 Å². The van der Waals surface area contributed by atoms with Crippen molar-refractivity contribution in [2.75, 3.05) is 11.9 Å². The van der Waals surface area contributed by atoms with Crippen LogP contribution in [-0.2, 0) is 4.79 Å². The number of thiazole rings is 1. The van der Waals surface area contributed by atoms with Crippen LogP contribution < -0.4 is 10.6 Å². The van der Waals surface area contributed by atoms with Crippen LogP contribution >= 0.6 is 35.1 Å². The Kier molecular flexibility index (Phi) is 3.98. The molecule has 2 aromatic heterocycles. The molecule has 1 fully saturated rings. The molecule has 17 heavy (non-hydrogen) atoms. The van der Waals surface area contributed by atoms with E-state index in [1.54, 1.807) is 11.3 Å². The summed E-state index contributed by atoms with van der Waals surface area (Å²) in [6.45, 7) is 0.936. The SMILES string of the molecule is Cl.O=C(Nc1nc2ccsc2s1)C1CCCN1. The molecule has 2 aromatic rings. The molecular formula is C10H12ClN3OS2. The molecule has 0 aliphatic carbocycles. The third kappa shape index (κ3) is 2.60. The molecule has 1 aliphatic rings. The van der Waals surface area contributed by atoms with Crippen molar-refractivity contribution in [1.29, 1.82) is 0 Å². The zero-order valence-corrected chi connectivity index (χ0v) is 11.4. The second-order valence-electron chi connectivity index (χ2n) is 3.75. The molecule has 0 spiro atoms. The second-order valence-corrected chi connectivity index (χ2v) is 5.92. The number of halogens is 1. The van der Waals surface area contributed by atoms with Gasteiger partial charge < -0.3 is 10.6 Å². The van der Waals surface area contributed by atoms with Crippen LogP contribution in [0.5, 0.6) is 0 Å².